The zero-order chi connectivity index (χ0) is 18.7. The number of carboxylic acids is 1. The molecule has 3 rings (SSSR count). The van der Waals surface area contributed by atoms with Gasteiger partial charge in [-0.1, -0.05) is 72.5 Å². The van der Waals surface area contributed by atoms with E-state index in [1.165, 1.54) is 0 Å². The third-order valence-corrected chi connectivity index (χ3v) is 5.19. The number of rotatable bonds is 5. The van der Waals surface area contributed by atoms with Crippen molar-refractivity contribution in [3.8, 4) is 5.75 Å². The highest BCUT2D eigenvalue weighted by atomic mass is 32.2. The molecule has 0 spiro atoms. The largest absolute Gasteiger partial charge is 0.496 e. The Labute approximate surface area is 160 Å². The quantitative estimate of drug-likeness (QED) is 0.625. The van der Waals surface area contributed by atoms with Crippen LogP contribution in [-0.4, -0.2) is 33.3 Å². The lowest BCUT2D eigenvalue weighted by Crippen LogP contribution is -2.37. The first-order valence-electron chi connectivity index (χ1n) is 7.70. The Bertz CT molecular complexity index is 895. The molecule has 1 N–H and O–H groups in total. The van der Waals surface area contributed by atoms with Gasteiger partial charge in [0.1, 0.15) is 10.1 Å². The highest BCUT2D eigenvalue weighted by molar-refractivity contribution is 8.26. The van der Waals surface area contributed by atoms with Crippen LogP contribution in [0.1, 0.15) is 17.2 Å². The second-order valence-electron chi connectivity index (χ2n) is 5.45. The van der Waals surface area contributed by atoms with Gasteiger partial charge in [0.05, 0.1) is 12.0 Å². The Hall–Kier alpha value is -2.64. The number of hydrogen-bond acceptors (Lipinski definition) is 5. The number of carbonyl (C=O) groups is 2. The minimum atomic E-state index is -1.16. The third-order valence-electron chi connectivity index (χ3n) is 3.86. The van der Waals surface area contributed by atoms with Crippen LogP contribution in [0.4, 0.5) is 0 Å². The summed E-state index contributed by atoms with van der Waals surface area (Å²) in [6, 6.07) is 14.7. The smallest absolute Gasteiger partial charge is 0.331 e. The van der Waals surface area contributed by atoms with E-state index in [2.05, 4.69) is 0 Å². The van der Waals surface area contributed by atoms with Gasteiger partial charge in [0.2, 0.25) is 0 Å². The molecular weight excluding hydrogens is 370 g/mol. The van der Waals surface area contributed by atoms with Gasteiger partial charge in [-0.25, -0.2) is 4.79 Å². The molecule has 7 heteroatoms. The zero-order valence-electron chi connectivity index (χ0n) is 13.8. The minimum absolute atomic E-state index is 0.215. The molecule has 0 saturated carbocycles. The van der Waals surface area contributed by atoms with E-state index in [0.717, 1.165) is 22.2 Å². The number of amides is 1. The average molecular weight is 385 g/mol. The summed E-state index contributed by atoms with van der Waals surface area (Å²) >= 11 is 6.39. The number of para-hydroxylation sites is 1. The van der Waals surface area contributed by atoms with Crippen molar-refractivity contribution in [3.63, 3.8) is 0 Å². The lowest BCUT2D eigenvalue weighted by atomic mass is 10.1. The first kappa shape index (κ1) is 18.2. The summed E-state index contributed by atoms with van der Waals surface area (Å²) in [7, 11) is 1.55. The van der Waals surface area contributed by atoms with Crippen LogP contribution in [0.5, 0.6) is 5.75 Å². The molecule has 1 aliphatic rings. The van der Waals surface area contributed by atoms with Gasteiger partial charge in [-0.2, -0.15) is 0 Å². The maximum Gasteiger partial charge on any atom is 0.331 e. The number of hydrogen-bond donors (Lipinski definition) is 1. The summed E-state index contributed by atoms with van der Waals surface area (Å²) in [5.41, 5.74) is 1.22. The lowest BCUT2D eigenvalue weighted by molar-refractivity contribution is -0.145. The van der Waals surface area contributed by atoms with E-state index in [9.17, 15) is 14.7 Å². The molecule has 132 valence electrons. The van der Waals surface area contributed by atoms with Gasteiger partial charge < -0.3 is 9.84 Å². The van der Waals surface area contributed by atoms with Gasteiger partial charge in [0, 0.05) is 5.56 Å². The molecule has 2 aromatic carbocycles. The van der Waals surface area contributed by atoms with Crippen LogP contribution in [0.3, 0.4) is 0 Å². The second-order valence-corrected chi connectivity index (χ2v) is 7.12. The van der Waals surface area contributed by atoms with Crippen molar-refractivity contribution in [2.24, 2.45) is 0 Å². The standard InChI is InChI=1S/C19H15NO4S2/c1-24-14-10-6-5-9-13(14)11-15-17(21)20(19(25)26-15)16(18(22)23)12-7-3-2-4-8-12/h2-11,16H,1H3,(H,22,23)/b15-11-. The molecule has 1 unspecified atom stereocenters. The fraction of sp³-hybridized carbons (Fsp3) is 0.105. The molecule has 0 aromatic heterocycles. The molecular formula is C19H15NO4S2. The number of ether oxygens (including phenoxy) is 1. The number of benzene rings is 2. The van der Waals surface area contributed by atoms with Crippen molar-refractivity contribution in [2.45, 2.75) is 6.04 Å². The fourth-order valence-corrected chi connectivity index (χ4v) is 3.97. The summed E-state index contributed by atoms with van der Waals surface area (Å²) in [4.78, 5) is 26.2. The number of thiocarbonyl (C=S) groups is 1. The van der Waals surface area contributed by atoms with E-state index in [0.29, 0.717) is 16.2 Å². The molecule has 26 heavy (non-hydrogen) atoms. The van der Waals surface area contributed by atoms with Crippen LogP contribution in [0.15, 0.2) is 59.5 Å². The van der Waals surface area contributed by atoms with Crippen LogP contribution in [0, 0.1) is 0 Å². The summed E-state index contributed by atoms with van der Waals surface area (Å²) in [5, 5.41) is 9.68. The Morgan fingerprint density at radius 1 is 1.19 bits per heavy atom. The molecule has 0 radical (unpaired) electrons. The molecule has 0 aliphatic carbocycles. The van der Waals surface area contributed by atoms with Crippen LogP contribution in [0.25, 0.3) is 6.08 Å². The topological polar surface area (TPSA) is 66.8 Å². The molecule has 1 amide bonds. The van der Waals surface area contributed by atoms with Gasteiger partial charge in [-0.3, -0.25) is 9.69 Å². The van der Waals surface area contributed by atoms with Crippen LogP contribution >= 0.6 is 24.0 Å². The molecule has 1 heterocycles. The van der Waals surface area contributed by atoms with E-state index in [1.807, 2.05) is 18.2 Å². The van der Waals surface area contributed by atoms with E-state index in [1.54, 1.807) is 49.6 Å². The van der Waals surface area contributed by atoms with Gasteiger partial charge >= 0.3 is 5.97 Å². The van der Waals surface area contributed by atoms with Gasteiger partial charge in [0.15, 0.2) is 6.04 Å². The first-order valence-corrected chi connectivity index (χ1v) is 8.93. The minimum Gasteiger partial charge on any atom is -0.496 e. The first-order chi connectivity index (χ1) is 12.5. The number of nitrogens with zero attached hydrogens (tertiary/aromatic N) is 1. The van der Waals surface area contributed by atoms with E-state index in [4.69, 9.17) is 17.0 Å². The SMILES string of the molecule is COc1ccccc1/C=C1\SC(=S)N(C(C(=O)O)c2ccccc2)C1=O. The Balaban J connectivity index is 1.98. The molecule has 0 bridgehead atoms. The summed E-state index contributed by atoms with van der Waals surface area (Å²) in [6.45, 7) is 0. The zero-order valence-corrected chi connectivity index (χ0v) is 15.4. The second kappa shape index (κ2) is 7.72. The summed E-state index contributed by atoms with van der Waals surface area (Å²) in [6.07, 6.45) is 1.67. The Morgan fingerprint density at radius 2 is 1.85 bits per heavy atom. The normalized spacial score (nSPS) is 16.8. The van der Waals surface area contributed by atoms with Crippen molar-refractivity contribution in [3.05, 3.63) is 70.6 Å². The van der Waals surface area contributed by atoms with Crippen LogP contribution in [0.2, 0.25) is 0 Å². The molecule has 1 aliphatic heterocycles. The molecule has 1 fully saturated rings. The van der Waals surface area contributed by atoms with Crippen molar-refractivity contribution in [1.29, 1.82) is 0 Å². The molecule has 5 nitrogen and oxygen atoms in total. The molecule has 2 aromatic rings. The van der Waals surface area contributed by atoms with Gasteiger partial charge in [0.25, 0.3) is 5.91 Å². The predicted molar refractivity (Wildman–Crippen MR) is 105 cm³/mol. The monoisotopic (exact) mass is 385 g/mol. The van der Waals surface area contributed by atoms with E-state index in [-0.39, 0.29) is 4.32 Å². The summed E-state index contributed by atoms with van der Waals surface area (Å²) < 4.78 is 5.51. The number of aliphatic carboxylic acids is 1. The molecule has 1 saturated heterocycles. The number of carbonyl (C=O) groups excluding carboxylic acids is 1. The Kier molecular flexibility index (Phi) is 5.39. The highest BCUT2D eigenvalue weighted by Crippen LogP contribution is 2.39. The average Bonchev–Trinajstić information content (AvgIpc) is 2.91. The third kappa shape index (κ3) is 3.49. The summed E-state index contributed by atoms with van der Waals surface area (Å²) in [5.74, 6) is -0.941. The van der Waals surface area contributed by atoms with Crippen LogP contribution in [-0.2, 0) is 9.59 Å². The maximum absolute atomic E-state index is 12.9. The number of methoxy groups -OCH3 is 1. The molecule has 1 atom stereocenters. The maximum atomic E-state index is 12.9. The Morgan fingerprint density at radius 3 is 2.50 bits per heavy atom. The van der Waals surface area contributed by atoms with Crippen molar-refractivity contribution in [2.75, 3.05) is 7.11 Å². The van der Waals surface area contributed by atoms with Gasteiger partial charge in [-0.05, 0) is 17.7 Å². The van der Waals surface area contributed by atoms with Crippen molar-refractivity contribution < 1.29 is 19.4 Å². The van der Waals surface area contributed by atoms with Crippen molar-refractivity contribution >= 4 is 46.3 Å². The van der Waals surface area contributed by atoms with E-state index >= 15 is 0 Å². The van der Waals surface area contributed by atoms with Crippen LogP contribution < -0.4 is 4.74 Å². The lowest BCUT2D eigenvalue weighted by Gasteiger charge is -2.23. The van der Waals surface area contributed by atoms with Gasteiger partial charge in [-0.15, -0.1) is 0 Å². The number of carboxylic acid groups (broad SMARTS) is 1. The predicted octanol–water partition coefficient (Wildman–Crippen LogP) is 3.72. The highest BCUT2D eigenvalue weighted by Gasteiger charge is 2.41. The van der Waals surface area contributed by atoms with E-state index < -0.39 is 17.9 Å². The van der Waals surface area contributed by atoms with Crippen molar-refractivity contribution in [1.82, 2.24) is 4.90 Å². The fourth-order valence-electron chi connectivity index (χ4n) is 2.67. The number of thioether (sulfide) groups is 1.